The Bertz CT molecular complexity index is 514. The van der Waals surface area contributed by atoms with Crippen LogP contribution in [0.5, 0.6) is 0 Å². The van der Waals surface area contributed by atoms with Gasteiger partial charge >= 0.3 is 0 Å². The number of hydrogen-bond donors (Lipinski definition) is 1. The largest absolute Gasteiger partial charge is 0.383 e. The molecule has 5 heteroatoms. The minimum absolute atomic E-state index is 0.489. The van der Waals surface area contributed by atoms with Crippen molar-refractivity contribution in [2.45, 2.75) is 44.3 Å². The number of nitrogens with zero attached hydrogens (tertiary/aromatic N) is 1. The molecule has 1 atom stereocenters. The van der Waals surface area contributed by atoms with E-state index in [9.17, 15) is 8.78 Å². The van der Waals surface area contributed by atoms with Gasteiger partial charge in [-0.2, -0.15) is 0 Å². The van der Waals surface area contributed by atoms with Gasteiger partial charge in [-0.25, -0.2) is 8.78 Å². The average Bonchev–Trinajstić information content (AvgIpc) is 3.37. The molecule has 1 aromatic rings. The lowest BCUT2D eigenvalue weighted by molar-refractivity contribution is 0.132. The Hall–Kier alpha value is -1.04. The predicted octanol–water partition coefficient (Wildman–Crippen LogP) is 2.94. The highest BCUT2D eigenvalue weighted by Gasteiger charge is 2.33. The molecule has 23 heavy (non-hydrogen) atoms. The maximum Gasteiger partial charge on any atom is 0.159 e. The second-order valence-corrected chi connectivity index (χ2v) is 6.86. The molecule has 0 amide bonds. The van der Waals surface area contributed by atoms with E-state index in [1.165, 1.54) is 25.0 Å². The summed E-state index contributed by atoms with van der Waals surface area (Å²) in [6.07, 6.45) is 4.82. The van der Waals surface area contributed by atoms with Crippen LogP contribution >= 0.6 is 0 Å². The summed E-state index contributed by atoms with van der Waals surface area (Å²) in [5, 5.41) is 3.76. The first-order valence-corrected chi connectivity index (χ1v) is 8.57. The quantitative estimate of drug-likeness (QED) is 0.834. The Morgan fingerprint density at radius 3 is 2.52 bits per heavy atom. The van der Waals surface area contributed by atoms with Crippen molar-refractivity contribution in [1.82, 2.24) is 10.2 Å². The van der Waals surface area contributed by atoms with Crippen molar-refractivity contribution in [3.05, 3.63) is 35.4 Å². The lowest BCUT2D eigenvalue weighted by Crippen LogP contribution is -2.48. The average molecular weight is 324 g/mol. The summed E-state index contributed by atoms with van der Waals surface area (Å²) >= 11 is 0. The highest BCUT2D eigenvalue weighted by Crippen LogP contribution is 2.33. The fourth-order valence-corrected chi connectivity index (χ4v) is 3.46. The second-order valence-electron chi connectivity index (χ2n) is 6.86. The Balaban J connectivity index is 1.45. The number of halogens is 2. The third-order valence-corrected chi connectivity index (χ3v) is 4.96. The number of hydrogen-bond acceptors (Lipinski definition) is 3. The number of nitrogens with one attached hydrogen (secondary N) is 1. The maximum absolute atomic E-state index is 13.3. The molecule has 0 spiro atoms. The standard InChI is InChI=1S/C18H26F2N2O/c1-23-12-18(14-3-4-14)21-15-6-8-22(9-7-15)11-13-2-5-16(19)17(20)10-13/h2,5,10,14-15,18,21H,3-4,6-9,11-12H2,1H3/t18-/m1/s1. The zero-order chi connectivity index (χ0) is 16.2. The molecule has 0 radical (unpaired) electrons. The second kappa shape index (κ2) is 7.69. The lowest BCUT2D eigenvalue weighted by atomic mass is 10.0. The van der Waals surface area contributed by atoms with Crippen molar-refractivity contribution < 1.29 is 13.5 Å². The van der Waals surface area contributed by atoms with Crippen LogP contribution in [0.2, 0.25) is 0 Å². The monoisotopic (exact) mass is 324 g/mol. The van der Waals surface area contributed by atoms with E-state index in [-0.39, 0.29) is 0 Å². The number of ether oxygens (including phenoxy) is 1. The third kappa shape index (κ3) is 4.72. The first-order chi connectivity index (χ1) is 11.2. The fourth-order valence-electron chi connectivity index (χ4n) is 3.46. The Labute approximate surface area is 137 Å². The Kier molecular flexibility index (Phi) is 5.62. The van der Waals surface area contributed by atoms with E-state index in [4.69, 9.17) is 4.74 Å². The van der Waals surface area contributed by atoms with Gasteiger partial charge in [-0.15, -0.1) is 0 Å². The van der Waals surface area contributed by atoms with Crippen LogP contribution in [0.25, 0.3) is 0 Å². The van der Waals surface area contributed by atoms with Gasteiger partial charge in [0.05, 0.1) is 6.61 Å². The van der Waals surface area contributed by atoms with Crippen LogP contribution in [0.3, 0.4) is 0 Å². The molecule has 1 aliphatic carbocycles. The molecular formula is C18H26F2N2O. The first kappa shape index (κ1) is 16.8. The summed E-state index contributed by atoms with van der Waals surface area (Å²) in [6, 6.07) is 5.22. The highest BCUT2D eigenvalue weighted by molar-refractivity contribution is 5.17. The number of rotatable bonds is 7. The fraction of sp³-hybridized carbons (Fsp3) is 0.667. The van der Waals surface area contributed by atoms with E-state index in [1.807, 2.05) is 0 Å². The Morgan fingerprint density at radius 2 is 1.91 bits per heavy atom. The SMILES string of the molecule is COC[C@@H](NC1CCN(Cc2ccc(F)c(F)c2)CC1)C1CC1. The number of benzene rings is 1. The molecule has 0 bridgehead atoms. The van der Waals surface area contributed by atoms with Gasteiger partial charge in [0.15, 0.2) is 11.6 Å². The van der Waals surface area contributed by atoms with Gasteiger partial charge in [0.25, 0.3) is 0 Å². The zero-order valence-corrected chi connectivity index (χ0v) is 13.7. The summed E-state index contributed by atoms with van der Waals surface area (Å²) in [4.78, 5) is 2.31. The van der Waals surface area contributed by atoms with Crippen LogP contribution < -0.4 is 5.32 Å². The molecule has 1 saturated heterocycles. The molecule has 1 saturated carbocycles. The molecular weight excluding hydrogens is 298 g/mol. The van der Waals surface area contributed by atoms with Gasteiger partial charge in [0.1, 0.15) is 0 Å². The number of piperidine rings is 1. The molecule has 2 aliphatic rings. The zero-order valence-electron chi connectivity index (χ0n) is 13.7. The van der Waals surface area contributed by atoms with Crippen LogP contribution in [0, 0.1) is 17.6 Å². The number of methoxy groups -OCH3 is 1. The van der Waals surface area contributed by atoms with E-state index in [0.29, 0.717) is 18.6 Å². The van der Waals surface area contributed by atoms with Gasteiger partial charge in [-0.3, -0.25) is 4.90 Å². The molecule has 1 N–H and O–H groups in total. The van der Waals surface area contributed by atoms with E-state index >= 15 is 0 Å². The van der Waals surface area contributed by atoms with Crippen molar-refractivity contribution in [2.75, 3.05) is 26.8 Å². The molecule has 128 valence electrons. The first-order valence-electron chi connectivity index (χ1n) is 8.57. The molecule has 1 aliphatic heterocycles. The van der Waals surface area contributed by atoms with Crippen molar-refractivity contribution in [2.24, 2.45) is 5.92 Å². The van der Waals surface area contributed by atoms with E-state index in [2.05, 4.69) is 10.2 Å². The van der Waals surface area contributed by atoms with E-state index in [0.717, 1.165) is 44.0 Å². The Morgan fingerprint density at radius 1 is 1.17 bits per heavy atom. The summed E-state index contributed by atoms with van der Waals surface area (Å²) in [6.45, 7) is 3.45. The minimum Gasteiger partial charge on any atom is -0.383 e. The minimum atomic E-state index is -0.777. The maximum atomic E-state index is 13.3. The van der Waals surface area contributed by atoms with Crippen molar-refractivity contribution in [3.63, 3.8) is 0 Å². The summed E-state index contributed by atoms with van der Waals surface area (Å²) in [5.74, 6) is -0.748. The molecule has 2 fully saturated rings. The van der Waals surface area contributed by atoms with Crippen LogP contribution in [-0.4, -0.2) is 43.8 Å². The van der Waals surface area contributed by atoms with Gasteiger partial charge in [0, 0.05) is 25.7 Å². The summed E-state index contributed by atoms with van der Waals surface area (Å²) in [5.41, 5.74) is 0.838. The molecule has 0 aromatic heterocycles. The number of likely N-dealkylation sites (tertiary alicyclic amines) is 1. The summed E-state index contributed by atoms with van der Waals surface area (Å²) in [7, 11) is 1.77. The highest BCUT2D eigenvalue weighted by atomic mass is 19.2. The smallest absolute Gasteiger partial charge is 0.159 e. The van der Waals surface area contributed by atoms with Crippen LogP contribution in [0.1, 0.15) is 31.2 Å². The van der Waals surface area contributed by atoms with E-state index < -0.39 is 11.6 Å². The molecule has 1 aromatic carbocycles. The van der Waals surface area contributed by atoms with Gasteiger partial charge in [-0.1, -0.05) is 6.07 Å². The normalized spacial score (nSPS) is 21.5. The van der Waals surface area contributed by atoms with Gasteiger partial charge in [0.2, 0.25) is 0 Å². The van der Waals surface area contributed by atoms with Crippen LogP contribution in [-0.2, 0) is 11.3 Å². The topological polar surface area (TPSA) is 24.5 Å². The van der Waals surface area contributed by atoms with Crippen molar-refractivity contribution in [1.29, 1.82) is 0 Å². The van der Waals surface area contributed by atoms with Gasteiger partial charge < -0.3 is 10.1 Å². The van der Waals surface area contributed by atoms with Gasteiger partial charge in [-0.05, 0) is 62.4 Å². The molecule has 0 unspecified atom stereocenters. The molecule has 3 nitrogen and oxygen atoms in total. The van der Waals surface area contributed by atoms with Crippen LogP contribution in [0.15, 0.2) is 18.2 Å². The molecule has 3 rings (SSSR count). The third-order valence-electron chi connectivity index (χ3n) is 4.96. The summed E-state index contributed by atoms with van der Waals surface area (Å²) < 4.78 is 31.6. The van der Waals surface area contributed by atoms with Crippen molar-refractivity contribution >= 4 is 0 Å². The molecule has 1 heterocycles. The predicted molar refractivity (Wildman–Crippen MR) is 86.2 cm³/mol. The van der Waals surface area contributed by atoms with Crippen molar-refractivity contribution in [3.8, 4) is 0 Å². The lowest BCUT2D eigenvalue weighted by Gasteiger charge is -2.34. The van der Waals surface area contributed by atoms with Crippen LogP contribution in [0.4, 0.5) is 8.78 Å². The van der Waals surface area contributed by atoms with E-state index in [1.54, 1.807) is 13.2 Å².